The van der Waals surface area contributed by atoms with Crippen molar-refractivity contribution in [2.24, 2.45) is 5.73 Å². The van der Waals surface area contributed by atoms with Gasteiger partial charge < -0.3 is 15.2 Å². The molecule has 0 saturated heterocycles. The summed E-state index contributed by atoms with van der Waals surface area (Å²) in [4.78, 5) is 0. The maximum atomic E-state index is 9.01. The molecule has 0 unspecified atom stereocenters. The van der Waals surface area contributed by atoms with Gasteiger partial charge in [-0.2, -0.15) is 5.26 Å². The Bertz CT molecular complexity index is 446. The summed E-state index contributed by atoms with van der Waals surface area (Å²) >= 11 is 0. The van der Waals surface area contributed by atoms with Crippen LogP contribution in [0.5, 0.6) is 11.5 Å². The second-order valence-electron chi connectivity index (χ2n) is 4.60. The molecule has 4 nitrogen and oxygen atoms in total. The quantitative estimate of drug-likeness (QED) is 0.887. The molecule has 0 atom stereocenters. The molecule has 1 aliphatic rings. The molecule has 0 amide bonds. The molecule has 0 heterocycles. The van der Waals surface area contributed by atoms with Crippen molar-refractivity contribution in [2.75, 3.05) is 7.11 Å². The molecule has 0 aliphatic heterocycles. The van der Waals surface area contributed by atoms with Crippen LogP contribution in [0, 0.1) is 11.3 Å². The number of rotatable bonds is 3. The fourth-order valence-corrected chi connectivity index (χ4v) is 2.29. The summed E-state index contributed by atoms with van der Waals surface area (Å²) in [5.41, 5.74) is 6.37. The van der Waals surface area contributed by atoms with Crippen LogP contribution in [0.1, 0.15) is 31.2 Å². The summed E-state index contributed by atoms with van der Waals surface area (Å²) < 4.78 is 11.2. The smallest absolute Gasteiger partial charge is 0.178 e. The summed E-state index contributed by atoms with van der Waals surface area (Å²) in [6.07, 6.45) is 4.07. The number of methoxy groups -OCH3 is 1. The van der Waals surface area contributed by atoms with Crippen molar-refractivity contribution in [3.8, 4) is 17.6 Å². The third kappa shape index (κ3) is 2.74. The van der Waals surface area contributed by atoms with Crippen molar-refractivity contribution >= 4 is 0 Å². The molecule has 4 heteroatoms. The highest BCUT2D eigenvalue weighted by Gasteiger charge is 2.21. The van der Waals surface area contributed by atoms with Gasteiger partial charge in [-0.05, 0) is 37.8 Å². The molecular formula is C14H18N2O2. The monoisotopic (exact) mass is 246 g/mol. The molecule has 2 rings (SSSR count). The zero-order valence-electron chi connectivity index (χ0n) is 10.6. The lowest BCUT2D eigenvalue weighted by Crippen LogP contribution is -2.31. The van der Waals surface area contributed by atoms with Gasteiger partial charge in [-0.1, -0.05) is 6.07 Å². The van der Waals surface area contributed by atoms with E-state index in [4.69, 9.17) is 20.5 Å². The summed E-state index contributed by atoms with van der Waals surface area (Å²) in [6.45, 7) is 0. The lowest BCUT2D eigenvalue weighted by Gasteiger charge is -2.27. The van der Waals surface area contributed by atoms with E-state index in [2.05, 4.69) is 6.07 Å². The van der Waals surface area contributed by atoms with Crippen LogP contribution in [0.15, 0.2) is 18.2 Å². The van der Waals surface area contributed by atoms with Gasteiger partial charge in [-0.15, -0.1) is 0 Å². The highest BCUT2D eigenvalue weighted by molar-refractivity contribution is 5.52. The van der Waals surface area contributed by atoms with Crippen LogP contribution < -0.4 is 15.2 Å². The fraction of sp³-hybridized carbons (Fsp3) is 0.500. The molecule has 1 aromatic rings. The van der Waals surface area contributed by atoms with Crippen LogP contribution in [-0.2, 0) is 0 Å². The minimum atomic E-state index is 0.174. The van der Waals surface area contributed by atoms with Gasteiger partial charge in [0.15, 0.2) is 11.5 Å². The van der Waals surface area contributed by atoms with Crippen molar-refractivity contribution in [1.29, 1.82) is 5.26 Å². The average Bonchev–Trinajstić information content (AvgIpc) is 2.41. The van der Waals surface area contributed by atoms with E-state index in [-0.39, 0.29) is 6.10 Å². The summed E-state index contributed by atoms with van der Waals surface area (Å²) in [7, 11) is 1.56. The molecular weight excluding hydrogens is 228 g/mol. The molecule has 0 bridgehead atoms. The van der Waals surface area contributed by atoms with Crippen LogP contribution in [0.25, 0.3) is 0 Å². The van der Waals surface area contributed by atoms with E-state index < -0.39 is 0 Å². The van der Waals surface area contributed by atoms with Gasteiger partial charge in [0.05, 0.1) is 18.8 Å². The molecule has 96 valence electrons. The Morgan fingerprint density at radius 1 is 1.28 bits per heavy atom. The first-order valence-electron chi connectivity index (χ1n) is 6.24. The van der Waals surface area contributed by atoms with Gasteiger partial charge in [0.1, 0.15) is 6.07 Å². The summed E-state index contributed by atoms with van der Waals surface area (Å²) in [5, 5.41) is 9.01. The topological polar surface area (TPSA) is 68.3 Å². The zero-order valence-corrected chi connectivity index (χ0v) is 10.6. The second kappa shape index (κ2) is 5.74. The normalized spacial score (nSPS) is 23.2. The number of hydrogen-bond donors (Lipinski definition) is 1. The number of para-hydroxylation sites is 1. The molecule has 1 fully saturated rings. The van der Waals surface area contributed by atoms with Crippen LogP contribution in [0.4, 0.5) is 0 Å². The molecule has 1 aliphatic carbocycles. The van der Waals surface area contributed by atoms with E-state index in [1.165, 1.54) is 0 Å². The Hall–Kier alpha value is -1.73. The van der Waals surface area contributed by atoms with Crippen molar-refractivity contribution in [1.82, 2.24) is 0 Å². The Morgan fingerprint density at radius 3 is 2.61 bits per heavy atom. The Morgan fingerprint density at radius 2 is 2.00 bits per heavy atom. The number of nitriles is 1. The average molecular weight is 246 g/mol. The lowest BCUT2D eigenvalue weighted by atomic mass is 9.94. The van der Waals surface area contributed by atoms with Crippen LogP contribution in [0.2, 0.25) is 0 Å². The van der Waals surface area contributed by atoms with E-state index in [1.807, 2.05) is 12.1 Å². The number of ether oxygens (including phenoxy) is 2. The van der Waals surface area contributed by atoms with Gasteiger partial charge in [-0.3, -0.25) is 0 Å². The number of hydrogen-bond acceptors (Lipinski definition) is 4. The predicted octanol–water partition coefficient (Wildman–Crippen LogP) is 2.22. The first kappa shape index (κ1) is 12.7. The number of nitrogens with two attached hydrogens (primary N) is 1. The predicted molar refractivity (Wildman–Crippen MR) is 68.6 cm³/mol. The third-order valence-corrected chi connectivity index (χ3v) is 3.32. The molecule has 0 spiro atoms. The van der Waals surface area contributed by atoms with Crippen molar-refractivity contribution in [2.45, 2.75) is 37.8 Å². The zero-order chi connectivity index (χ0) is 13.0. The van der Waals surface area contributed by atoms with Gasteiger partial charge in [0.2, 0.25) is 0 Å². The molecule has 1 aromatic carbocycles. The van der Waals surface area contributed by atoms with Crippen LogP contribution in [-0.4, -0.2) is 19.3 Å². The Balaban J connectivity index is 2.12. The molecule has 0 radical (unpaired) electrons. The highest BCUT2D eigenvalue weighted by atomic mass is 16.5. The minimum absolute atomic E-state index is 0.174. The fourth-order valence-electron chi connectivity index (χ4n) is 2.29. The van der Waals surface area contributed by atoms with Crippen molar-refractivity contribution in [3.05, 3.63) is 23.8 Å². The molecule has 0 aromatic heterocycles. The standard InChI is InChI=1S/C14H18N2O2/c1-17-14-10(9-15)3-2-4-13(14)18-12-7-5-11(16)6-8-12/h2-4,11-12H,5-8,16H2,1H3. The van der Waals surface area contributed by atoms with Crippen LogP contribution in [0.3, 0.4) is 0 Å². The molecule has 2 N–H and O–H groups in total. The van der Waals surface area contributed by atoms with E-state index >= 15 is 0 Å². The third-order valence-electron chi connectivity index (χ3n) is 3.32. The Labute approximate surface area is 107 Å². The first-order chi connectivity index (χ1) is 8.74. The van der Waals surface area contributed by atoms with E-state index in [0.29, 0.717) is 23.1 Å². The van der Waals surface area contributed by atoms with E-state index in [9.17, 15) is 0 Å². The second-order valence-corrected chi connectivity index (χ2v) is 4.60. The maximum absolute atomic E-state index is 9.01. The van der Waals surface area contributed by atoms with E-state index in [0.717, 1.165) is 25.7 Å². The van der Waals surface area contributed by atoms with Gasteiger partial charge in [0.25, 0.3) is 0 Å². The maximum Gasteiger partial charge on any atom is 0.178 e. The number of benzene rings is 1. The lowest BCUT2D eigenvalue weighted by molar-refractivity contribution is 0.142. The molecule has 18 heavy (non-hydrogen) atoms. The van der Waals surface area contributed by atoms with Crippen molar-refractivity contribution in [3.63, 3.8) is 0 Å². The SMILES string of the molecule is COc1c(C#N)cccc1OC1CCC(N)CC1. The van der Waals surface area contributed by atoms with Gasteiger partial charge in [0, 0.05) is 6.04 Å². The van der Waals surface area contributed by atoms with Crippen molar-refractivity contribution < 1.29 is 9.47 Å². The first-order valence-corrected chi connectivity index (χ1v) is 6.24. The summed E-state index contributed by atoms with van der Waals surface area (Å²) in [5.74, 6) is 1.17. The van der Waals surface area contributed by atoms with Crippen LogP contribution >= 0.6 is 0 Å². The minimum Gasteiger partial charge on any atom is -0.492 e. The van der Waals surface area contributed by atoms with Gasteiger partial charge >= 0.3 is 0 Å². The molecule has 1 saturated carbocycles. The van der Waals surface area contributed by atoms with Gasteiger partial charge in [-0.25, -0.2) is 0 Å². The van der Waals surface area contributed by atoms with E-state index in [1.54, 1.807) is 13.2 Å². The summed E-state index contributed by atoms with van der Waals surface area (Å²) in [6, 6.07) is 7.79. The highest BCUT2D eigenvalue weighted by Crippen LogP contribution is 2.33. The largest absolute Gasteiger partial charge is 0.492 e. The Kier molecular flexibility index (Phi) is 4.06. The number of nitrogens with zero attached hydrogens (tertiary/aromatic N) is 1.